The van der Waals surface area contributed by atoms with Crippen molar-refractivity contribution in [3.8, 4) is 0 Å². The van der Waals surface area contributed by atoms with Gasteiger partial charge in [0.1, 0.15) is 6.26 Å². The van der Waals surface area contributed by atoms with Gasteiger partial charge in [0.15, 0.2) is 5.82 Å². The Morgan fingerprint density at radius 2 is 1.62 bits per heavy atom. The summed E-state index contributed by atoms with van der Waals surface area (Å²) in [5, 5.41) is 3.90. The summed E-state index contributed by atoms with van der Waals surface area (Å²) in [7, 11) is 2.14. The molecule has 16 heavy (non-hydrogen) atoms. The fraction of sp³-hybridized carbons (Fsp3) is 0.750. The maximum atomic E-state index is 4.79. The summed E-state index contributed by atoms with van der Waals surface area (Å²) < 4.78 is 4.79. The van der Waals surface area contributed by atoms with Gasteiger partial charge < -0.3 is 14.3 Å². The molecule has 2 rings (SSSR count). The van der Waals surface area contributed by atoms with E-state index >= 15 is 0 Å². The molecule has 0 aromatic carbocycles. The zero-order valence-electron chi connectivity index (χ0n) is 11.2. The minimum atomic E-state index is 0.961. The second kappa shape index (κ2) is 9.21. The Hall–Kier alpha value is -1.03. The van der Waals surface area contributed by atoms with Crippen molar-refractivity contribution in [1.82, 2.24) is 10.1 Å². The highest BCUT2D eigenvalue weighted by atomic mass is 16.5. The molecular weight excluding hydrogens is 202 g/mol. The van der Waals surface area contributed by atoms with Crippen LogP contribution in [0.2, 0.25) is 0 Å². The maximum Gasteiger partial charge on any atom is 0.172 e. The Morgan fingerprint density at radius 3 is 2.06 bits per heavy atom. The molecule has 1 saturated heterocycles. The lowest BCUT2D eigenvalue weighted by Crippen LogP contribution is -2.44. The molecule has 1 fully saturated rings. The van der Waals surface area contributed by atoms with E-state index in [1.165, 1.54) is 0 Å². The standard InChI is InChI=1S/C8H13N3O.2C2H6/c1-10-3-5-11(6-4-10)8-2-7-12-9-8;2*1-2/h2,7H,3-6H2,1H3;2*1-2H3. The Bertz CT molecular complexity index is 228. The van der Waals surface area contributed by atoms with E-state index in [1.807, 2.05) is 33.8 Å². The van der Waals surface area contributed by atoms with Gasteiger partial charge in [-0.15, -0.1) is 0 Å². The number of anilines is 1. The third-order valence-corrected chi connectivity index (χ3v) is 2.25. The number of nitrogens with zero attached hydrogens (tertiary/aromatic N) is 3. The molecule has 2 heterocycles. The van der Waals surface area contributed by atoms with E-state index < -0.39 is 0 Å². The van der Waals surface area contributed by atoms with Crippen LogP contribution in [0.25, 0.3) is 0 Å². The average molecular weight is 227 g/mol. The van der Waals surface area contributed by atoms with Crippen LogP contribution in [0.1, 0.15) is 27.7 Å². The summed E-state index contributed by atoms with van der Waals surface area (Å²) >= 11 is 0. The predicted octanol–water partition coefficient (Wildman–Crippen LogP) is 2.48. The van der Waals surface area contributed by atoms with Crippen LogP contribution < -0.4 is 4.90 Å². The molecule has 0 atom stereocenters. The molecule has 0 radical (unpaired) electrons. The van der Waals surface area contributed by atoms with Gasteiger partial charge in [0.05, 0.1) is 0 Å². The molecule has 0 saturated carbocycles. The summed E-state index contributed by atoms with van der Waals surface area (Å²) in [6.07, 6.45) is 1.62. The number of hydrogen-bond acceptors (Lipinski definition) is 4. The second-order valence-corrected chi connectivity index (χ2v) is 3.15. The molecule has 0 spiro atoms. The lowest BCUT2D eigenvalue weighted by molar-refractivity contribution is 0.309. The van der Waals surface area contributed by atoms with Crippen molar-refractivity contribution in [2.24, 2.45) is 0 Å². The van der Waals surface area contributed by atoms with Gasteiger partial charge in [0.2, 0.25) is 0 Å². The Kier molecular flexibility index (Phi) is 8.62. The molecule has 0 aliphatic carbocycles. The van der Waals surface area contributed by atoms with Crippen molar-refractivity contribution in [1.29, 1.82) is 0 Å². The zero-order chi connectivity index (χ0) is 12.4. The van der Waals surface area contributed by atoms with Crippen molar-refractivity contribution in [2.75, 3.05) is 38.1 Å². The van der Waals surface area contributed by atoms with Gasteiger partial charge in [-0.05, 0) is 7.05 Å². The molecule has 1 aromatic rings. The van der Waals surface area contributed by atoms with Crippen LogP contribution in [0.15, 0.2) is 16.9 Å². The monoisotopic (exact) mass is 227 g/mol. The predicted molar refractivity (Wildman–Crippen MR) is 68.9 cm³/mol. The fourth-order valence-corrected chi connectivity index (χ4v) is 1.40. The quantitative estimate of drug-likeness (QED) is 0.738. The first-order chi connectivity index (χ1) is 7.86. The van der Waals surface area contributed by atoms with E-state index in [9.17, 15) is 0 Å². The van der Waals surface area contributed by atoms with E-state index in [1.54, 1.807) is 6.26 Å². The number of aromatic nitrogens is 1. The molecule has 0 amide bonds. The Morgan fingerprint density at radius 1 is 1.06 bits per heavy atom. The summed E-state index contributed by atoms with van der Waals surface area (Å²) in [4.78, 5) is 4.56. The summed E-state index contributed by atoms with van der Waals surface area (Å²) in [5.74, 6) is 0.961. The molecule has 4 heteroatoms. The highest BCUT2D eigenvalue weighted by molar-refractivity contribution is 5.36. The maximum absolute atomic E-state index is 4.79. The third kappa shape index (κ3) is 4.66. The average Bonchev–Trinajstić information content (AvgIpc) is 2.89. The lowest BCUT2D eigenvalue weighted by Gasteiger charge is -2.31. The number of hydrogen-bond donors (Lipinski definition) is 0. The minimum absolute atomic E-state index is 0.961. The van der Waals surface area contributed by atoms with Gasteiger partial charge in [-0.2, -0.15) is 0 Å². The molecular formula is C12H25N3O. The number of likely N-dealkylation sites (N-methyl/N-ethyl adjacent to an activating group) is 1. The largest absolute Gasteiger partial charge is 0.363 e. The normalized spacial score (nSPS) is 15.7. The lowest BCUT2D eigenvalue weighted by atomic mass is 10.3. The Balaban J connectivity index is 0.000000509. The van der Waals surface area contributed by atoms with Crippen LogP contribution in [-0.2, 0) is 0 Å². The van der Waals surface area contributed by atoms with Crippen LogP contribution in [0.5, 0.6) is 0 Å². The second-order valence-electron chi connectivity index (χ2n) is 3.15. The molecule has 94 valence electrons. The van der Waals surface area contributed by atoms with Crippen molar-refractivity contribution in [2.45, 2.75) is 27.7 Å². The summed E-state index contributed by atoms with van der Waals surface area (Å²) in [6, 6.07) is 1.91. The van der Waals surface area contributed by atoms with Crippen molar-refractivity contribution >= 4 is 5.82 Å². The highest BCUT2D eigenvalue weighted by Crippen LogP contribution is 2.11. The molecule has 0 bridgehead atoms. The number of rotatable bonds is 1. The van der Waals surface area contributed by atoms with Crippen molar-refractivity contribution < 1.29 is 4.52 Å². The van der Waals surface area contributed by atoms with Crippen molar-refractivity contribution in [3.63, 3.8) is 0 Å². The molecule has 4 nitrogen and oxygen atoms in total. The van der Waals surface area contributed by atoms with Gasteiger partial charge in [0, 0.05) is 32.2 Å². The van der Waals surface area contributed by atoms with E-state index in [-0.39, 0.29) is 0 Å². The summed E-state index contributed by atoms with van der Waals surface area (Å²) in [5.41, 5.74) is 0. The molecule has 1 aromatic heterocycles. The topological polar surface area (TPSA) is 32.5 Å². The summed E-state index contributed by atoms with van der Waals surface area (Å²) in [6.45, 7) is 12.3. The third-order valence-electron chi connectivity index (χ3n) is 2.25. The van der Waals surface area contributed by atoms with Gasteiger partial charge in [0.25, 0.3) is 0 Å². The van der Waals surface area contributed by atoms with Gasteiger partial charge in [-0.25, -0.2) is 0 Å². The first kappa shape index (κ1) is 15.0. The van der Waals surface area contributed by atoms with Gasteiger partial charge in [-0.3, -0.25) is 0 Å². The SMILES string of the molecule is CC.CC.CN1CCN(c2ccon2)CC1. The first-order valence-corrected chi connectivity index (χ1v) is 6.20. The van der Waals surface area contributed by atoms with Crippen LogP contribution in [0.3, 0.4) is 0 Å². The molecule has 1 aliphatic rings. The van der Waals surface area contributed by atoms with E-state index in [2.05, 4.69) is 22.0 Å². The van der Waals surface area contributed by atoms with E-state index in [0.717, 1.165) is 32.0 Å². The van der Waals surface area contributed by atoms with Crippen LogP contribution in [0.4, 0.5) is 5.82 Å². The Labute approximate surface area is 99.2 Å². The minimum Gasteiger partial charge on any atom is -0.363 e. The van der Waals surface area contributed by atoms with Gasteiger partial charge >= 0.3 is 0 Å². The smallest absolute Gasteiger partial charge is 0.172 e. The number of piperazine rings is 1. The zero-order valence-corrected chi connectivity index (χ0v) is 11.2. The van der Waals surface area contributed by atoms with Crippen LogP contribution in [-0.4, -0.2) is 43.3 Å². The van der Waals surface area contributed by atoms with Crippen LogP contribution in [0, 0.1) is 0 Å². The molecule has 1 aliphatic heterocycles. The first-order valence-electron chi connectivity index (χ1n) is 6.20. The fourth-order valence-electron chi connectivity index (χ4n) is 1.40. The van der Waals surface area contributed by atoms with E-state index in [4.69, 9.17) is 4.52 Å². The molecule has 0 unspecified atom stereocenters. The van der Waals surface area contributed by atoms with Gasteiger partial charge in [-0.1, -0.05) is 32.9 Å². The van der Waals surface area contributed by atoms with Crippen LogP contribution >= 0.6 is 0 Å². The highest BCUT2D eigenvalue weighted by Gasteiger charge is 2.15. The molecule has 0 N–H and O–H groups in total. The van der Waals surface area contributed by atoms with Crippen molar-refractivity contribution in [3.05, 3.63) is 12.3 Å². The van der Waals surface area contributed by atoms with E-state index in [0.29, 0.717) is 0 Å².